The van der Waals surface area contributed by atoms with E-state index in [-0.39, 0.29) is 0 Å². The molecular formula is C19H19N3O2S. The van der Waals surface area contributed by atoms with Crippen molar-refractivity contribution in [2.45, 2.75) is 6.92 Å². The van der Waals surface area contributed by atoms with Gasteiger partial charge in [0, 0.05) is 10.9 Å². The van der Waals surface area contributed by atoms with Gasteiger partial charge >= 0.3 is 0 Å². The fraction of sp³-hybridized carbons (Fsp3) is 0.158. The molecule has 1 N–H and O–H groups in total. The van der Waals surface area contributed by atoms with Crippen molar-refractivity contribution in [1.29, 1.82) is 0 Å². The summed E-state index contributed by atoms with van der Waals surface area (Å²) in [5.74, 6) is 1.69. The van der Waals surface area contributed by atoms with Crippen LogP contribution in [0.15, 0.2) is 59.0 Å². The Morgan fingerprint density at radius 1 is 1.08 bits per heavy atom. The molecule has 0 aliphatic carbocycles. The van der Waals surface area contributed by atoms with Crippen LogP contribution in [0.5, 0.6) is 11.5 Å². The number of hydrogen-bond acceptors (Lipinski definition) is 6. The number of nitrogens with zero attached hydrogens (tertiary/aromatic N) is 2. The van der Waals surface area contributed by atoms with E-state index in [0.29, 0.717) is 6.61 Å². The third-order valence-corrected chi connectivity index (χ3v) is 4.20. The molecule has 0 radical (unpaired) electrons. The van der Waals surface area contributed by atoms with Crippen LogP contribution in [0, 0.1) is 0 Å². The number of ether oxygens (including phenoxy) is 2. The molecule has 0 spiro atoms. The molecule has 0 saturated carbocycles. The molecule has 1 aromatic heterocycles. The van der Waals surface area contributed by atoms with Crippen LogP contribution in [0.3, 0.4) is 0 Å². The standard InChI is InChI=1S/C19H19N3O2S/c1-3-24-17-10-6-15(7-11-17)18-13-25-19(21-18)22-20-12-14-4-8-16(23-2)9-5-14/h4-13H,3H2,1-2H3,(H,21,22)/b20-12-. The molecule has 0 bridgehead atoms. The lowest BCUT2D eigenvalue weighted by molar-refractivity contribution is 0.340. The molecule has 1 heterocycles. The number of benzene rings is 2. The van der Waals surface area contributed by atoms with Crippen LogP contribution in [-0.4, -0.2) is 24.9 Å². The second-order valence-electron chi connectivity index (χ2n) is 5.14. The molecule has 3 aromatic rings. The normalized spacial score (nSPS) is 10.8. The molecule has 5 nitrogen and oxygen atoms in total. The van der Waals surface area contributed by atoms with Crippen molar-refractivity contribution in [1.82, 2.24) is 4.98 Å². The van der Waals surface area contributed by atoms with Crippen LogP contribution in [0.1, 0.15) is 12.5 Å². The third-order valence-electron chi connectivity index (χ3n) is 3.45. The average molecular weight is 353 g/mol. The van der Waals surface area contributed by atoms with Crippen LogP contribution in [0.25, 0.3) is 11.3 Å². The number of thiazole rings is 1. The first-order chi connectivity index (χ1) is 12.3. The first-order valence-electron chi connectivity index (χ1n) is 7.90. The Kier molecular flexibility index (Phi) is 5.64. The summed E-state index contributed by atoms with van der Waals surface area (Å²) in [6, 6.07) is 15.6. The Bertz CT molecular complexity index is 827. The fourth-order valence-corrected chi connectivity index (χ4v) is 2.87. The van der Waals surface area contributed by atoms with Gasteiger partial charge in [0.25, 0.3) is 0 Å². The van der Waals surface area contributed by atoms with Crippen molar-refractivity contribution < 1.29 is 9.47 Å². The molecular weight excluding hydrogens is 334 g/mol. The van der Waals surface area contributed by atoms with Crippen molar-refractivity contribution >= 4 is 22.7 Å². The number of aromatic nitrogens is 1. The first kappa shape index (κ1) is 17.0. The van der Waals surface area contributed by atoms with E-state index in [1.165, 1.54) is 11.3 Å². The van der Waals surface area contributed by atoms with Gasteiger partial charge in [-0.2, -0.15) is 5.10 Å². The Balaban J connectivity index is 1.61. The van der Waals surface area contributed by atoms with Gasteiger partial charge in [0.05, 0.1) is 25.6 Å². The second kappa shape index (κ2) is 8.30. The van der Waals surface area contributed by atoms with E-state index in [0.717, 1.165) is 33.5 Å². The van der Waals surface area contributed by atoms with E-state index >= 15 is 0 Å². The van der Waals surface area contributed by atoms with Crippen LogP contribution >= 0.6 is 11.3 Å². The molecule has 6 heteroatoms. The number of methoxy groups -OCH3 is 1. The predicted molar refractivity (Wildman–Crippen MR) is 103 cm³/mol. The van der Waals surface area contributed by atoms with Gasteiger partial charge in [0.15, 0.2) is 0 Å². The zero-order valence-electron chi connectivity index (χ0n) is 14.1. The quantitative estimate of drug-likeness (QED) is 0.496. The van der Waals surface area contributed by atoms with Crippen molar-refractivity contribution in [3.63, 3.8) is 0 Å². The Morgan fingerprint density at radius 3 is 2.48 bits per heavy atom. The molecule has 25 heavy (non-hydrogen) atoms. The van der Waals surface area contributed by atoms with Gasteiger partial charge in [-0.1, -0.05) is 0 Å². The summed E-state index contributed by atoms with van der Waals surface area (Å²) in [7, 11) is 1.65. The second-order valence-corrected chi connectivity index (χ2v) is 6.00. The van der Waals surface area contributed by atoms with E-state index < -0.39 is 0 Å². The maximum absolute atomic E-state index is 5.45. The lowest BCUT2D eigenvalue weighted by Gasteiger charge is -2.03. The number of hydrazone groups is 1. The van der Waals surface area contributed by atoms with Gasteiger partial charge in [0.2, 0.25) is 5.13 Å². The number of rotatable bonds is 7. The highest BCUT2D eigenvalue weighted by Crippen LogP contribution is 2.26. The van der Waals surface area contributed by atoms with Crippen molar-refractivity contribution in [3.8, 4) is 22.8 Å². The fourth-order valence-electron chi connectivity index (χ4n) is 2.20. The number of anilines is 1. The summed E-state index contributed by atoms with van der Waals surface area (Å²) in [6.07, 6.45) is 1.75. The minimum atomic E-state index is 0.663. The van der Waals surface area contributed by atoms with Crippen LogP contribution in [0.4, 0.5) is 5.13 Å². The van der Waals surface area contributed by atoms with E-state index in [2.05, 4.69) is 15.5 Å². The van der Waals surface area contributed by atoms with Gasteiger partial charge < -0.3 is 9.47 Å². The van der Waals surface area contributed by atoms with Crippen LogP contribution < -0.4 is 14.9 Å². The number of nitrogens with one attached hydrogen (secondary N) is 1. The SMILES string of the molecule is CCOc1ccc(-c2csc(N/N=C\c3ccc(OC)cc3)n2)cc1. The summed E-state index contributed by atoms with van der Waals surface area (Å²) < 4.78 is 10.6. The van der Waals surface area contributed by atoms with Crippen molar-refractivity contribution in [2.75, 3.05) is 19.1 Å². The monoisotopic (exact) mass is 353 g/mol. The lowest BCUT2D eigenvalue weighted by Crippen LogP contribution is -1.91. The zero-order valence-corrected chi connectivity index (χ0v) is 14.9. The van der Waals surface area contributed by atoms with Crippen molar-refractivity contribution in [3.05, 3.63) is 59.5 Å². The van der Waals surface area contributed by atoms with E-state index in [1.54, 1.807) is 13.3 Å². The molecule has 3 rings (SSSR count). The Labute approximate surface area is 151 Å². The topological polar surface area (TPSA) is 55.7 Å². The minimum absolute atomic E-state index is 0.663. The Morgan fingerprint density at radius 2 is 1.80 bits per heavy atom. The van der Waals surface area contributed by atoms with E-state index in [4.69, 9.17) is 9.47 Å². The molecule has 0 aliphatic heterocycles. The van der Waals surface area contributed by atoms with Crippen molar-refractivity contribution in [2.24, 2.45) is 5.10 Å². The molecule has 0 saturated heterocycles. The minimum Gasteiger partial charge on any atom is -0.497 e. The predicted octanol–water partition coefficient (Wildman–Crippen LogP) is 4.66. The van der Waals surface area contributed by atoms with Gasteiger partial charge in [-0.3, -0.25) is 5.43 Å². The van der Waals surface area contributed by atoms with E-state index in [9.17, 15) is 0 Å². The summed E-state index contributed by atoms with van der Waals surface area (Å²) in [6.45, 7) is 2.63. The van der Waals surface area contributed by atoms with E-state index in [1.807, 2.05) is 60.8 Å². The molecule has 2 aromatic carbocycles. The maximum atomic E-state index is 5.45. The highest BCUT2D eigenvalue weighted by atomic mass is 32.1. The maximum Gasteiger partial charge on any atom is 0.203 e. The first-order valence-corrected chi connectivity index (χ1v) is 8.78. The highest BCUT2D eigenvalue weighted by molar-refractivity contribution is 7.14. The van der Waals surface area contributed by atoms with Crippen LogP contribution in [0.2, 0.25) is 0 Å². The van der Waals surface area contributed by atoms with Gasteiger partial charge in [-0.25, -0.2) is 4.98 Å². The molecule has 0 unspecified atom stereocenters. The van der Waals surface area contributed by atoms with Crippen LogP contribution in [-0.2, 0) is 0 Å². The summed E-state index contributed by atoms with van der Waals surface area (Å²) in [5, 5.41) is 6.97. The molecule has 0 fully saturated rings. The lowest BCUT2D eigenvalue weighted by atomic mass is 10.2. The van der Waals surface area contributed by atoms with Gasteiger partial charge in [0.1, 0.15) is 11.5 Å². The highest BCUT2D eigenvalue weighted by Gasteiger charge is 2.04. The molecule has 0 atom stereocenters. The summed E-state index contributed by atoms with van der Waals surface area (Å²) in [4.78, 5) is 4.55. The van der Waals surface area contributed by atoms with Gasteiger partial charge in [-0.15, -0.1) is 11.3 Å². The zero-order chi connectivity index (χ0) is 17.5. The Hall–Kier alpha value is -2.86. The molecule has 0 amide bonds. The molecule has 128 valence electrons. The number of hydrogen-bond donors (Lipinski definition) is 1. The molecule has 0 aliphatic rings. The largest absolute Gasteiger partial charge is 0.497 e. The smallest absolute Gasteiger partial charge is 0.203 e. The third kappa shape index (κ3) is 4.58. The van der Waals surface area contributed by atoms with Gasteiger partial charge in [-0.05, 0) is 61.0 Å². The summed E-state index contributed by atoms with van der Waals surface area (Å²) >= 11 is 1.51. The average Bonchev–Trinajstić information content (AvgIpc) is 3.12. The summed E-state index contributed by atoms with van der Waals surface area (Å²) in [5.41, 5.74) is 5.91.